The molecule has 1 aromatic rings. The summed E-state index contributed by atoms with van der Waals surface area (Å²) in [4.78, 5) is -0.392. The highest BCUT2D eigenvalue weighted by Crippen LogP contribution is 2.30. The van der Waals surface area contributed by atoms with Crippen LogP contribution in [-0.2, 0) is 20.2 Å². The second-order valence-electron chi connectivity index (χ2n) is 3.45. The zero-order valence-electron chi connectivity index (χ0n) is 9.02. The molecule has 9 heteroatoms. The zero-order valence-corrected chi connectivity index (χ0v) is 10.7. The van der Waals surface area contributed by atoms with Crippen molar-refractivity contribution in [2.75, 3.05) is 19.0 Å². The van der Waals surface area contributed by atoms with Crippen molar-refractivity contribution >= 4 is 25.9 Å². The van der Waals surface area contributed by atoms with Crippen LogP contribution in [0.1, 0.15) is 0 Å². The molecule has 17 heavy (non-hydrogen) atoms. The molecule has 0 aliphatic rings. The Hall–Kier alpha value is -1.16. The summed E-state index contributed by atoms with van der Waals surface area (Å²) < 4.78 is 62.4. The Labute approximate surface area is 99.2 Å². The largest absolute Gasteiger partial charge is 0.376 e. The lowest BCUT2D eigenvalue weighted by Crippen LogP contribution is -2.17. The van der Waals surface area contributed by atoms with Crippen LogP contribution in [-0.4, -0.2) is 40.0 Å². The Kier molecular flexibility index (Phi) is 3.48. The topological polar surface area (TPSA) is 112 Å². The number of anilines is 1. The SMILES string of the molecule is CN(C)c1cccc(S(=O)(=O)O)c1S(=O)(=O)O. The molecule has 0 spiro atoms. The van der Waals surface area contributed by atoms with Crippen molar-refractivity contribution in [1.82, 2.24) is 0 Å². The van der Waals surface area contributed by atoms with E-state index in [9.17, 15) is 16.8 Å². The smallest absolute Gasteiger partial charge is 0.298 e. The van der Waals surface area contributed by atoms with E-state index in [0.29, 0.717) is 0 Å². The van der Waals surface area contributed by atoms with Crippen molar-refractivity contribution in [2.45, 2.75) is 9.79 Å². The van der Waals surface area contributed by atoms with Crippen molar-refractivity contribution < 1.29 is 25.9 Å². The summed E-state index contributed by atoms with van der Waals surface area (Å²) in [5.74, 6) is 0. The fourth-order valence-corrected chi connectivity index (χ4v) is 3.38. The van der Waals surface area contributed by atoms with Crippen LogP contribution in [0.2, 0.25) is 0 Å². The molecule has 0 fully saturated rings. The maximum atomic E-state index is 11.2. The van der Waals surface area contributed by atoms with Crippen LogP contribution in [0.5, 0.6) is 0 Å². The van der Waals surface area contributed by atoms with Gasteiger partial charge in [-0.15, -0.1) is 0 Å². The molecule has 0 atom stereocenters. The van der Waals surface area contributed by atoms with Crippen LogP contribution in [0.25, 0.3) is 0 Å². The van der Waals surface area contributed by atoms with Crippen LogP contribution < -0.4 is 4.90 Å². The zero-order chi connectivity index (χ0) is 13.4. The monoisotopic (exact) mass is 281 g/mol. The first-order chi connectivity index (χ1) is 7.55. The van der Waals surface area contributed by atoms with Gasteiger partial charge in [0.15, 0.2) is 0 Å². The molecule has 2 N–H and O–H groups in total. The molecule has 0 saturated carbocycles. The van der Waals surface area contributed by atoms with E-state index in [-0.39, 0.29) is 5.69 Å². The molecule has 0 aromatic heterocycles. The number of nitrogens with zero attached hydrogens (tertiary/aromatic N) is 1. The summed E-state index contributed by atoms with van der Waals surface area (Å²) in [6, 6.07) is 3.45. The lowest BCUT2D eigenvalue weighted by atomic mass is 10.3. The van der Waals surface area contributed by atoms with Crippen LogP contribution in [0.3, 0.4) is 0 Å². The van der Waals surface area contributed by atoms with Crippen molar-refractivity contribution in [3.63, 3.8) is 0 Å². The predicted octanol–water partition coefficient (Wildman–Crippen LogP) is 0.246. The molecule has 1 rings (SSSR count). The molecule has 1 aromatic carbocycles. The molecule has 96 valence electrons. The van der Waals surface area contributed by atoms with Gasteiger partial charge in [-0.3, -0.25) is 9.11 Å². The van der Waals surface area contributed by atoms with Crippen molar-refractivity contribution in [1.29, 1.82) is 0 Å². The molecule has 0 radical (unpaired) electrons. The molecular formula is C8H11NO6S2. The number of benzene rings is 1. The molecule has 0 heterocycles. The maximum Gasteiger partial charge on any atom is 0.298 e. The number of hydrogen-bond acceptors (Lipinski definition) is 5. The van der Waals surface area contributed by atoms with E-state index in [1.165, 1.54) is 31.1 Å². The molecule has 0 aliphatic carbocycles. The Balaban J connectivity index is 3.83. The third kappa shape index (κ3) is 2.94. The average molecular weight is 281 g/mol. The molecule has 0 aliphatic heterocycles. The van der Waals surface area contributed by atoms with Gasteiger partial charge in [-0.05, 0) is 12.1 Å². The lowest BCUT2D eigenvalue weighted by molar-refractivity contribution is 0.466. The Morgan fingerprint density at radius 2 is 1.53 bits per heavy atom. The van der Waals surface area contributed by atoms with Crippen LogP contribution in [0.4, 0.5) is 5.69 Å². The van der Waals surface area contributed by atoms with Crippen LogP contribution >= 0.6 is 0 Å². The van der Waals surface area contributed by atoms with Gasteiger partial charge in [0.05, 0.1) is 5.69 Å². The lowest BCUT2D eigenvalue weighted by Gasteiger charge is -2.17. The maximum absolute atomic E-state index is 11.2. The van der Waals surface area contributed by atoms with Gasteiger partial charge in [0.2, 0.25) is 0 Å². The van der Waals surface area contributed by atoms with Gasteiger partial charge in [-0.25, -0.2) is 0 Å². The van der Waals surface area contributed by atoms with Gasteiger partial charge in [0.25, 0.3) is 20.2 Å². The van der Waals surface area contributed by atoms with Gasteiger partial charge in [-0.1, -0.05) is 6.07 Å². The second kappa shape index (κ2) is 4.26. The van der Waals surface area contributed by atoms with Crippen LogP contribution in [0, 0.1) is 0 Å². The Morgan fingerprint density at radius 1 is 1.00 bits per heavy atom. The van der Waals surface area contributed by atoms with Gasteiger partial charge >= 0.3 is 0 Å². The molecule has 0 saturated heterocycles. The van der Waals surface area contributed by atoms with E-state index >= 15 is 0 Å². The van der Waals surface area contributed by atoms with Crippen LogP contribution in [0.15, 0.2) is 28.0 Å². The van der Waals surface area contributed by atoms with E-state index in [1.807, 2.05) is 0 Å². The number of rotatable bonds is 3. The van der Waals surface area contributed by atoms with Crippen molar-refractivity contribution in [3.8, 4) is 0 Å². The fourth-order valence-electron chi connectivity index (χ4n) is 1.32. The summed E-state index contributed by atoms with van der Waals surface area (Å²) in [7, 11) is -6.57. The molecule has 0 amide bonds. The van der Waals surface area contributed by atoms with E-state index in [0.717, 1.165) is 6.07 Å². The number of hydrogen-bond donors (Lipinski definition) is 2. The summed E-state index contributed by atoms with van der Waals surface area (Å²) in [6.45, 7) is 0. The molecule has 7 nitrogen and oxygen atoms in total. The highest BCUT2D eigenvalue weighted by Gasteiger charge is 2.27. The second-order valence-corrected chi connectivity index (χ2v) is 6.20. The Bertz CT molecular complexity index is 632. The fraction of sp³-hybridized carbons (Fsp3) is 0.250. The third-order valence-corrected chi connectivity index (χ3v) is 3.95. The first-order valence-corrected chi connectivity index (χ1v) is 7.18. The summed E-state index contributed by atoms with van der Waals surface area (Å²) >= 11 is 0. The predicted molar refractivity (Wildman–Crippen MR) is 60.4 cm³/mol. The third-order valence-electron chi connectivity index (χ3n) is 1.98. The van der Waals surface area contributed by atoms with Gasteiger partial charge in [0, 0.05) is 14.1 Å². The summed E-state index contributed by atoms with van der Waals surface area (Å²) in [5, 5.41) is 0. The van der Waals surface area contributed by atoms with Crippen molar-refractivity contribution in [3.05, 3.63) is 18.2 Å². The van der Waals surface area contributed by atoms with Crippen molar-refractivity contribution in [2.24, 2.45) is 0 Å². The minimum Gasteiger partial charge on any atom is -0.376 e. The average Bonchev–Trinajstić information content (AvgIpc) is 2.13. The molecule has 0 bridgehead atoms. The first kappa shape index (κ1) is 13.9. The summed E-state index contributed by atoms with van der Waals surface area (Å²) in [5.41, 5.74) is -0.0392. The van der Waals surface area contributed by atoms with E-state index in [2.05, 4.69) is 0 Å². The first-order valence-electron chi connectivity index (χ1n) is 4.30. The van der Waals surface area contributed by atoms with E-state index in [1.54, 1.807) is 0 Å². The highest BCUT2D eigenvalue weighted by atomic mass is 32.2. The molecular weight excluding hydrogens is 270 g/mol. The highest BCUT2D eigenvalue weighted by molar-refractivity contribution is 7.89. The molecule has 0 unspecified atom stereocenters. The van der Waals surface area contributed by atoms with Gasteiger partial charge in [-0.2, -0.15) is 16.8 Å². The van der Waals surface area contributed by atoms with E-state index < -0.39 is 30.0 Å². The van der Waals surface area contributed by atoms with Gasteiger partial charge in [0.1, 0.15) is 9.79 Å². The minimum atomic E-state index is -4.77. The normalized spacial score (nSPS) is 12.5. The van der Waals surface area contributed by atoms with E-state index in [4.69, 9.17) is 9.11 Å². The summed E-state index contributed by atoms with van der Waals surface area (Å²) in [6.07, 6.45) is 0. The van der Waals surface area contributed by atoms with Gasteiger partial charge < -0.3 is 4.90 Å². The minimum absolute atomic E-state index is 0.0392. The Morgan fingerprint density at radius 3 is 1.88 bits per heavy atom. The standard InChI is InChI=1S/C8H11NO6S2/c1-9(2)6-4-3-5-7(16(10,11)12)8(6)17(13,14)15/h3-5H,1-2H3,(H,10,11,12)(H,13,14,15). The quantitative estimate of drug-likeness (QED) is 0.763.